The molecule has 1 aromatic heterocycles. The third-order valence-corrected chi connectivity index (χ3v) is 5.13. The first-order valence-electron chi connectivity index (χ1n) is 9.93. The molecule has 4 rings (SSSR count). The third kappa shape index (κ3) is 4.54. The molecular weight excluding hydrogens is 368 g/mol. The van der Waals surface area contributed by atoms with Crippen LogP contribution >= 0.6 is 0 Å². The van der Waals surface area contributed by atoms with Gasteiger partial charge in [0.1, 0.15) is 17.5 Å². The van der Waals surface area contributed by atoms with Gasteiger partial charge < -0.3 is 19.7 Å². The Hall–Kier alpha value is -3.00. The second kappa shape index (κ2) is 9.00. The van der Waals surface area contributed by atoms with Crippen LogP contribution in [0.3, 0.4) is 0 Å². The second-order valence-electron chi connectivity index (χ2n) is 7.08. The maximum atomic E-state index is 6.31. The summed E-state index contributed by atoms with van der Waals surface area (Å²) >= 11 is 0. The zero-order chi connectivity index (χ0) is 20.1. The first-order valence-corrected chi connectivity index (χ1v) is 9.93. The predicted octanol–water partition coefficient (Wildman–Crippen LogP) is 3.39. The van der Waals surface area contributed by atoms with E-state index in [4.69, 9.17) is 9.47 Å². The van der Waals surface area contributed by atoms with E-state index in [1.54, 1.807) is 24.7 Å². The number of hydrogen-bond donors (Lipinski definition) is 1. The van der Waals surface area contributed by atoms with Crippen LogP contribution in [0, 0.1) is 0 Å². The Morgan fingerprint density at radius 2 is 2.00 bits per heavy atom. The van der Waals surface area contributed by atoms with Crippen LogP contribution in [-0.2, 0) is 4.74 Å². The molecule has 2 fully saturated rings. The summed E-state index contributed by atoms with van der Waals surface area (Å²) in [4.78, 5) is 19.4. The van der Waals surface area contributed by atoms with Gasteiger partial charge in [-0.15, -0.1) is 0 Å². The van der Waals surface area contributed by atoms with Crippen molar-refractivity contribution in [3.8, 4) is 5.75 Å². The Morgan fingerprint density at radius 3 is 2.69 bits per heavy atom. The molecule has 29 heavy (non-hydrogen) atoms. The Kier molecular flexibility index (Phi) is 6.00. The summed E-state index contributed by atoms with van der Waals surface area (Å²) in [6.45, 7) is 8.77. The van der Waals surface area contributed by atoms with Crippen LogP contribution in [-0.4, -0.2) is 61.3 Å². The molecule has 0 amide bonds. The summed E-state index contributed by atoms with van der Waals surface area (Å²) in [5.41, 5.74) is 2.53. The van der Waals surface area contributed by atoms with Crippen molar-refractivity contribution in [3.05, 3.63) is 30.6 Å². The summed E-state index contributed by atoms with van der Waals surface area (Å²) in [5, 5.41) is 3.33. The monoisotopic (exact) mass is 394 g/mol. The molecule has 1 aromatic carbocycles. The fourth-order valence-electron chi connectivity index (χ4n) is 3.58. The van der Waals surface area contributed by atoms with Gasteiger partial charge in [-0.25, -0.2) is 9.97 Å². The number of morpholine rings is 1. The van der Waals surface area contributed by atoms with E-state index in [0.717, 1.165) is 56.3 Å². The standard InChI is InChI=1S/C21H26N6O2/c1-3-23-18-13-16(27-7-9-28-10-8-27)14-19(20(18)22-2)29-17-11-15(12-17)26-21-24-5-4-6-25-21/h3-6,13-15,17H,2,7-12H2,1H3,(H,24,25,26). The number of nitrogens with zero attached hydrogens (tertiary/aromatic N) is 5. The SMILES string of the molecule is C=Nc1c(N=CC)cc(N2CCOCC2)cc1OC1CC(Nc2ncccn2)C1. The molecule has 0 bridgehead atoms. The molecule has 152 valence electrons. The summed E-state index contributed by atoms with van der Waals surface area (Å²) in [6.07, 6.45) is 7.09. The number of rotatable bonds is 7. The molecular formula is C21H26N6O2. The van der Waals surface area contributed by atoms with Crippen molar-refractivity contribution >= 4 is 35.9 Å². The second-order valence-corrected chi connectivity index (χ2v) is 7.08. The molecule has 1 saturated carbocycles. The Labute approximate surface area is 170 Å². The van der Waals surface area contributed by atoms with Crippen molar-refractivity contribution in [2.45, 2.75) is 31.9 Å². The zero-order valence-corrected chi connectivity index (χ0v) is 16.6. The zero-order valence-electron chi connectivity index (χ0n) is 16.6. The molecule has 0 atom stereocenters. The minimum absolute atomic E-state index is 0.107. The highest BCUT2D eigenvalue weighted by Crippen LogP contribution is 2.43. The van der Waals surface area contributed by atoms with E-state index in [9.17, 15) is 0 Å². The van der Waals surface area contributed by atoms with Crippen molar-refractivity contribution in [1.82, 2.24) is 9.97 Å². The molecule has 1 aliphatic carbocycles. The summed E-state index contributed by atoms with van der Waals surface area (Å²) in [6, 6.07) is 6.20. The molecule has 2 aliphatic rings. The Balaban J connectivity index is 1.48. The summed E-state index contributed by atoms with van der Waals surface area (Å²) < 4.78 is 11.8. The van der Waals surface area contributed by atoms with Gasteiger partial charge in [0.25, 0.3) is 0 Å². The van der Waals surface area contributed by atoms with Gasteiger partial charge in [0, 0.05) is 62.3 Å². The first-order chi connectivity index (χ1) is 14.3. The van der Waals surface area contributed by atoms with Crippen molar-refractivity contribution < 1.29 is 9.47 Å². The number of ether oxygens (including phenoxy) is 2. The van der Waals surface area contributed by atoms with Gasteiger partial charge in [0.05, 0.1) is 18.9 Å². The van der Waals surface area contributed by atoms with Gasteiger partial charge in [0.2, 0.25) is 5.95 Å². The van der Waals surface area contributed by atoms with E-state index in [0.29, 0.717) is 17.7 Å². The number of aliphatic imine (C=N–C) groups is 2. The normalized spacial score (nSPS) is 21.6. The minimum Gasteiger partial charge on any atom is -0.488 e. The fourth-order valence-corrected chi connectivity index (χ4v) is 3.58. The molecule has 2 aromatic rings. The first kappa shape index (κ1) is 19.3. The highest BCUT2D eigenvalue weighted by molar-refractivity contribution is 5.80. The Bertz CT molecular complexity index is 861. The average molecular weight is 394 g/mol. The van der Waals surface area contributed by atoms with Crippen molar-refractivity contribution in [3.63, 3.8) is 0 Å². The number of aromatic nitrogens is 2. The number of hydrogen-bond acceptors (Lipinski definition) is 8. The van der Waals surface area contributed by atoms with Gasteiger partial charge >= 0.3 is 0 Å². The topological polar surface area (TPSA) is 84.2 Å². The maximum absolute atomic E-state index is 6.31. The van der Waals surface area contributed by atoms with E-state index in [1.165, 1.54) is 0 Å². The smallest absolute Gasteiger partial charge is 0.222 e. The van der Waals surface area contributed by atoms with Gasteiger partial charge in [-0.05, 0) is 25.8 Å². The van der Waals surface area contributed by atoms with Gasteiger partial charge in [0.15, 0.2) is 0 Å². The van der Waals surface area contributed by atoms with Crippen LogP contribution in [0.1, 0.15) is 19.8 Å². The number of anilines is 2. The highest BCUT2D eigenvalue weighted by atomic mass is 16.5. The largest absolute Gasteiger partial charge is 0.488 e. The molecule has 8 nitrogen and oxygen atoms in total. The van der Waals surface area contributed by atoms with E-state index in [-0.39, 0.29) is 6.10 Å². The molecule has 8 heteroatoms. The van der Waals surface area contributed by atoms with Gasteiger partial charge in [-0.2, -0.15) is 0 Å². The predicted molar refractivity (Wildman–Crippen MR) is 116 cm³/mol. The van der Waals surface area contributed by atoms with Crippen LogP contribution in [0.2, 0.25) is 0 Å². The van der Waals surface area contributed by atoms with Crippen LogP contribution in [0.4, 0.5) is 23.0 Å². The lowest BCUT2D eigenvalue weighted by molar-refractivity contribution is 0.108. The minimum atomic E-state index is 0.107. The van der Waals surface area contributed by atoms with Crippen molar-refractivity contribution in [2.24, 2.45) is 9.98 Å². The molecule has 1 aliphatic heterocycles. The van der Waals surface area contributed by atoms with E-state index < -0.39 is 0 Å². The van der Waals surface area contributed by atoms with Crippen LogP contribution in [0.15, 0.2) is 40.6 Å². The van der Waals surface area contributed by atoms with Crippen LogP contribution in [0.5, 0.6) is 5.75 Å². The number of benzene rings is 1. The molecule has 1 N–H and O–H groups in total. The Morgan fingerprint density at radius 1 is 1.24 bits per heavy atom. The van der Waals surface area contributed by atoms with Gasteiger partial charge in [-0.3, -0.25) is 9.98 Å². The van der Waals surface area contributed by atoms with Crippen molar-refractivity contribution in [1.29, 1.82) is 0 Å². The molecule has 0 unspecified atom stereocenters. The lowest BCUT2D eigenvalue weighted by Gasteiger charge is -2.36. The maximum Gasteiger partial charge on any atom is 0.222 e. The lowest BCUT2D eigenvalue weighted by atomic mass is 9.89. The third-order valence-electron chi connectivity index (χ3n) is 5.13. The van der Waals surface area contributed by atoms with Crippen LogP contribution in [0.25, 0.3) is 0 Å². The molecule has 1 saturated heterocycles. The van der Waals surface area contributed by atoms with E-state index in [2.05, 4.69) is 36.9 Å². The van der Waals surface area contributed by atoms with Crippen molar-refractivity contribution in [2.75, 3.05) is 36.5 Å². The van der Waals surface area contributed by atoms with Gasteiger partial charge in [-0.1, -0.05) is 0 Å². The average Bonchev–Trinajstić information content (AvgIpc) is 2.73. The summed E-state index contributed by atoms with van der Waals surface area (Å²) in [5.74, 6) is 1.38. The van der Waals surface area contributed by atoms with E-state index in [1.807, 2.05) is 19.1 Å². The lowest BCUT2D eigenvalue weighted by Crippen LogP contribution is -2.43. The fraction of sp³-hybridized carbons (Fsp3) is 0.429. The van der Waals surface area contributed by atoms with Crippen LogP contribution < -0.4 is 15.0 Å². The molecule has 0 radical (unpaired) electrons. The number of nitrogens with one attached hydrogen (secondary N) is 1. The quantitative estimate of drug-likeness (QED) is 0.725. The molecule has 0 spiro atoms. The molecule has 2 heterocycles. The summed E-state index contributed by atoms with van der Waals surface area (Å²) in [7, 11) is 0. The highest BCUT2D eigenvalue weighted by Gasteiger charge is 2.32. The van der Waals surface area contributed by atoms with E-state index >= 15 is 0 Å².